The normalized spacial score (nSPS) is 12.3. The Kier molecular flexibility index (Phi) is 7.16. The summed E-state index contributed by atoms with van der Waals surface area (Å²) >= 11 is 1.38. The van der Waals surface area contributed by atoms with E-state index in [1.807, 2.05) is 68.6 Å². The number of amides is 2. The van der Waals surface area contributed by atoms with Crippen LogP contribution in [0.15, 0.2) is 78.3 Å². The van der Waals surface area contributed by atoms with Crippen molar-refractivity contribution in [2.45, 2.75) is 38.9 Å². The number of para-hydroxylation sites is 1. The number of nitrogens with one attached hydrogen (secondary N) is 1. The van der Waals surface area contributed by atoms with Gasteiger partial charge >= 0.3 is 0 Å². The van der Waals surface area contributed by atoms with Gasteiger partial charge in [0.2, 0.25) is 11.7 Å². The van der Waals surface area contributed by atoms with Gasteiger partial charge in [-0.1, -0.05) is 24.3 Å². The number of nitrogens with zero attached hydrogens (tertiary/aromatic N) is 6. The van der Waals surface area contributed by atoms with Crippen LogP contribution < -0.4 is 10.2 Å². The maximum absolute atomic E-state index is 14.0. The number of rotatable bonds is 7. The third kappa shape index (κ3) is 5.99. The number of carbonyl (C=O) groups excluding carboxylic acids is 2. The minimum Gasteiger partial charge on any atom is -0.349 e. The van der Waals surface area contributed by atoms with E-state index in [0.717, 1.165) is 15.7 Å². The molecule has 2 aromatic carbocycles. The smallest absolute Gasteiger partial charge is 0.251 e. The summed E-state index contributed by atoms with van der Waals surface area (Å²) in [5.74, 6) is -0.890. The topological polar surface area (TPSA) is 106 Å². The summed E-state index contributed by atoms with van der Waals surface area (Å²) in [6.45, 7) is 5.37. The number of thiophene rings is 1. The van der Waals surface area contributed by atoms with E-state index >= 15 is 0 Å². The van der Waals surface area contributed by atoms with Crippen molar-refractivity contribution < 1.29 is 14.0 Å². The lowest BCUT2D eigenvalue weighted by atomic mass is 10.1. The Labute approximate surface area is 228 Å². The number of tetrazole rings is 1. The summed E-state index contributed by atoms with van der Waals surface area (Å²) in [4.78, 5) is 35.5. The minimum absolute atomic E-state index is 0.252. The lowest BCUT2D eigenvalue weighted by Crippen LogP contribution is -2.50. The number of pyridine rings is 1. The lowest BCUT2D eigenvalue weighted by molar-refractivity contribution is -0.128. The van der Waals surface area contributed by atoms with Gasteiger partial charge in [-0.15, -0.1) is 21.5 Å². The molecule has 0 fully saturated rings. The molecule has 0 aliphatic carbocycles. The van der Waals surface area contributed by atoms with Crippen LogP contribution in [0, 0.1) is 5.82 Å². The quantitative estimate of drug-likeness (QED) is 0.317. The average molecular weight is 544 g/mol. The highest BCUT2D eigenvalue weighted by atomic mass is 32.1. The van der Waals surface area contributed by atoms with Crippen molar-refractivity contribution in [2.24, 2.45) is 0 Å². The zero-order chi connectivity index (χ0) is 27.6. The first-order chi connectivity index (χ1) is 18.7. The molecule has 5 rings (SSSR count). The van der Waals surface area contributed by atoms with E-state index in [1.54, 1.807) is 6.20 Å². The fourth-order valence-electron chi connectivity index (χ4n) is 4.11. The highest BCUT2D eigenvalue weighted by Crippen LogP contribution is 2.32. The first-order valence-corrected chi connectivity index (χ1v) is 13.1. The fraction of sp³-hybridized carbons (Fsp3) is 0.214. The number of halogens is 1. The number of hydrogen-bond donors (Lipinski definition) is 1. The van der Waals surface area contributed by atoms with Crippen LogP contribution in [0.5, 0.6) is 0 Å². The molecule has 0 radical (unpaired) electrons. The average Bonchev–Trinajstić information content (AvgIpc) is 3.59. The van der Waals surface area contributed by atoms with E-state index in [2.05, 4.69) is 25.7 Å². The second-order valence-electron chi connectivity index (χ2n) is 9.96. The monoisotopic (exact) mass is 543 g/mol. The van der Waals surface area contributed by atoms with Crippen LogP contribution >= 0.6 is 11.3 Å². The van der Waals surface area contributed by atoms with Gasteiger partial charge in [-0.3, -0.25) is 19.5 Å². The second kappa shape index (κ2) is 10.7. The van der Waals surface area contributed by atoms with E-state index in [9.17, 15) is 14.0 Å². The number of hydrogen-bond acceptors (Lipinski definition) is 7. The largest absolute Gasteiger partial charge is 0.349 e. The molecule has 9 nitrogen and oxygen atoms in total. The summed E-state index contributed by atoms with van der Waals surface area (Å²) in [5, 5.41) is 18.1. The first kappa shape index (κ1) is 26.1. The van der Waals surface area contributed by atoms with Crippen LogP contribution in [0.4, 0.5) is 10.1 Å². The van der Waals surface area contributed by atoms with E-state index < -0.39 is 17.5 Å². The van der Waals surface area contributed by atoms with Crippen LogP contribution in [0.25, 0.3) is 22.3 Å². The zero-order valence-electron chi connectivity index (χ0n) is 21.6. The van der Waals surface area contributed by atoms with Gasteiger partial charge in [-0.25, -0.2) is 4.39 Å². The molecule has 1 atom stereocenters. The van der Waals surface area contributed by atoms with Gasteiger partial charge in [0.15, 0.2) is 0 Å². The van der Waals surface area contributed by atoms with Crippen LogP contribution in [0.3, 0.4) is 0 Å². The number of benzene rings is 2. The van der Waals surface area contributed by atoms with Gasteiger partial charge in [0.1, 0.15) is 18.4 Å². The van der Waals surface area contributed by atoms with Crippen LogP contribution in [-0.4, -0.2) is 42.5 Å². The maximum atomic E-state index is 14.0. The van der Waals surface area contributed by atoms with E-state index in [4.69, 9.17) is 0 Å². The highest BCUT2D eigenvalue weighted by Gasteiger charge is 2.35. The molecule has 5 aromatic rings. The van der Waals surface area contributed by atoms with Crippen LogP contribution in [0.2, 0.25) is 0 Å². The third-order valence-corrected chi connectivity index (χ3v) is 6.70. The number of anilines is 1. The summed E-state index contributed by atoms with van der Waals surface area (Å²) in [6, 6.07) is 17.8. The predicted molar refractivity (Wildman–Crippen MR) is 147 cm³/mol. The molecule has 0 aliphatic heterocycles. The van der Waals surface area contributed by atoms with Gasteiger partial charge in [-0.2, -0.15) is 4.80 Å². The van der Waals surface area contributed by atoms with Gasteiger partial charge < -0.3 is 5.32 Å². The van der Waals surface area contributed by atoms with E-state index in [0.29, 0.717) is 16.1 Å². The minimum atomic E-state index is -0.959. The Bertz CT molecular complexity index is 1610. The van der Waals surface area contributed by atoms with Crippen molar-refractivity contribution in [3.05, 3.63) is 89.0 Å². The van der Waals surface area contributed by atoms with Crippen LogP contribution in [0.1, 0.15) is 31.7 Å². The van der Waals surface area contributed by atoms with Crippen molar-refractivity contribution >= 4 is 39.7 Å². The molecule has 0 saturated carbocycles. The molecule has 198 valence electrons. The molecule has 11 heteroatoms. The zero-order valence-corrected chi connectivity index (χ0v) is 22.4. The Hall–Kier alpha value is -4.51. The summed E-state index contributed by atoms with van der Waals surface area (Å²) in [6.07, 6.45) is 1.59. The maximum Gasteiger partial charge on any atom is 0.251 e. The summed E-state index contributed by atoms with van der Waals surface area (Å²) < 4.78 is 13.3. The van der Waals surface area contributed by atoms with E-state index in [1.165, 1.54) is 40.5 Å². The number of fused-ring (bicyclic) bond motifs is 1. The molecule has 3 heterocycles. The Morgan fingerprint density at radius 1 is 1.08 bits per heavy atom. The molecule has 0 spiro atoms. The summed E-state index contributed by atoms with van der Waals surface area (Å²) in [7, 11) is 0. The molecule has 3 aromatic heterocycles. The SMILES string of the molecule is CC(C)(C)NC(=O)[C@H](c1cccs1)N(C(=O)Cn1nnc(-c2ccc(F)cc2)n1)c1cnc2ccccc2c1. The molecule has 0 bridgehead atoms. The fourth-order valence-corrected chi connectivity index (χ4v) is 4.92. The van der Waals surface area contributed by atoms with Gasteiger partial charge in [0.25, 0.3) is 5.91 Å². The van der Waals surface area contributed by atoms with Crippen molar-refractivity contribution in [3.63, 3.8) is 0 Å². The van der Waals surface area contributed by atoms with E-state index in [-0.39, 0.29) is 24.1 Å². The van der Waals surface area contributed by atoms with Gasteiger partial charge in [-0.05, 0) is 73.8 Å². The molecular weight excluding hydrogens is 517 g/mol. The third-order valence-electron chi connectivity index (χ3n) is 5.77. The molecule has 0 saturated heterocycles. The first-order valence-electron chi connectivity index (χ1n) is 12.2. The van der Waals surface area contributed by atoms with Gasteiger partial charge in [0.05, 0.1) is 17.4 Å². The van der Waals surface area contributed by atoms with Crippen molar-refractivity contribution in [3.8, 4) is 11.4 Å². The molecule has 0 aliphatic rings. The van der Waals surface area contributed by atoms with Crippen LogP contribution in [-0.2, 0) is 16.1 Å². The molecule has 1 N–H and O–H groups in total. The van der Waals surface area contributed by atoms with Gasteiger partial charge in [0, 0.05) is 21.4 Å². The number of aromatic nitrogens is 5. The van der Waals surface area contributed by atoms with Crippen molar-refractivity contribution in [1.29, 1.82) is 0 Å². The Balaban J connectivity index is 1.55. The molecule has 39 heavy (non-hydrogen) atoms. The second-order valence-corrected chi connectivity index (χ2v) is 10.9. The molecule has 0 unspecified atom stereocenters. The lowest BCUT2D eigenvalue weighted by Gasteiger charge is -2.32. The van der Waals surface area contributed by atoms with Crippen molar-refractivity contribution in [1.82, 2.24) is 30.5 Å². The molecule has 2 amide bonds. The standard InChI is InChI=1S/C28H26FN7O2S/c1-28(2,3)31-27(38)25(23-9-6-14-39-23)36(21-15-19-7-4-5-8-22(19)30-16-21)24(37)17-35-33-26(32-34-35)18-10-12-20(29)13-11-18/h4-16,25H,17H2,1-3H3,(H,31,38)/t25-/m0/s1. The summed E-state index contributed by atoms with van der Waals surface area (Å²) in [5.41, 5.74) is 1.26. The van der Waals surface area contributed by atoms with Crippen molar-refractivity contribution in [2.75, 3.05) is 4.90 Å². The predicted octanol–water partition coefficient (Wildman–Crippen LogP) is 4.78. The Morgan fingerprint density at radius 2 is 1.85 bits per heavy atom. The number of carbonyl (C=O) groups is 2. The molecular formula is C28H26FN7O2S. The Morgan fingerprint density at radius 3 is 2.56 bits per heavy atom. The highest BCUT2D eigenvalue weighted by molar-refractivity contribution is 7.10.